The van der Waals surface area contributed by atoms with Crippen molar-refractivity contribution < 1.29 is 4.79 Å². The lowest BCUT2D eigenvalue weighted by atomic mass is 9.96. The molecule has 0 saturated carbocycles. The summed E-state index contributed by atoms with van der Waals surface area (Å²) in [5.74, 6) is 0.304. The smallest absolute Gasteiger partial charge is 0.155 e. The number of hydrogen-bond acceptors (Lipinski definition) is 2. The molecular formula is C11H12OS. The number of hydrogen-bond donors (Lipinski definition) is 0. The van der Waals surface area contributed by atoms with E-state index in [1.54, 1.807) is 11.3 Å². The van der Waals surface area contributed by atoms with Gasteiger partial charge in [0.1, 0.15) is 0 Å². The second-order valence-electron chi connectivity index (χ2n) is 3.38. The molecule has 0 aliphatic heterocycles. The highest BCUT2D eigenvalue weighted by molar-refractivity contribution is 7.09. The zero-order chi connectivity index (χ0) is 9.10. The second kappa shape index (κ2) is 3.88. The van der Waals surface area contributed by atoms with Crippen LogP contribution in [-0.2, 0) is 11.2 Å². The third kappa shape index (κ3) is 2.28. The van der Waals surface area contributed by atoms with E-state index in [2.05, 4.69) is 17.5 Å². The fraction of sp³-hybridized carbons (Fsp3) is 0.364. The van der Waals surface area contributed by atoms with E-state index in [9.17, 15) is 4.79 Å². The van der Waals surface area contributed by atoms with Crippen LogP contribution in [0.25, 0.3) is 0 Å². The first-order valence-electron chi connectivity index (χ1n) is 4.59. The molecule has 13 heavy (non-hydrogen) atoms. The van der Waals surface area contributed by atoms with Gasteiger partial charge >= 0.3 is 0 Å². The maximum atomic E-state index is 11.1. The van der Waals surface area contributed by atoms with Crippen molar-refractivity contribution in [3.63, 3.8) is 0 Å². The third-order valence-electron chi connectivity index (χ3n) is 2.27. The van der Waals surface area contributed by atoms with Gasteiger partial charge in [-0.3, -0.25) is 4.79 Å². The number of carbonyl (C=O) groups excluding carboxylic acids is 1. The summed E-state index contributed by atoms with van der Waals surface area (Å²) < 4.78 is 0. The number of carbonyl (C=O) groups is 1. The number of allylic oxidation sites excluding steroid dienone is 2. The highest BCUT2D eigenvalue weighted by Gasteiger charge is 2.10. The van der Waals surface area contributed by atoms with Crippen LogP contribution in [0.1, 0.15) is 24.1 Å². The summed E-state index contributed by atoms with van der Waals surface area (Å²) >= 11 is 1.77. The van der Waals surface area contributed by atoms with Gasteiger partial charge in [0.05, 0.1) is 0 Å². The molecule has 1 aromatic rings. The van der Waals surface area contributed by atoms with Crippen LogP contribution in [-0.4, -0.2) is 5.78 Å². The summed E-state index contributed by atoms with van der Waals surface area (Å²) in [7, 11) is 0. The van der Waals surface area contributed by atoms with Crippen LogP contribution in [0, 0.1) is 0 Å². The number of ketones is 1. The zero-order valence-electron chi connectivity index (χ0n) is 7.45. The van der Waals surface area contributed by atoms with Crippen LogP contribution in [0.5, 0.6) is 0 Å². The molecule has 0 amide bonds. The topological polar surface area (TPSA) is 17.1 Å². The van der Waals surface area contributed by atoms with E-state index < -0.39 is 0 Å². The second-order valence-corrected chi connectivity index (χ2v) is 4.41. The van der Waals surface area contributed by atoms with E-state index in [0.717, 1.165) is 25.7 Å². The molecule has 1 aliphatic rings. The van der Waals surface area contributed by atoms with Gasteiger partial charge in [-0.05, 0) is 30.4 Å². The molecule has 0 bridgehead atoms. The Bertz CT molecular complexity index is 322. The first-order valence-corrected chi connectivity index (χ1v) is 5.47. The van der Waals surface area contributed by atoms with Gasteiger partial charge in [-0.25, -0.2) is 0 Å². The van der Waals surface area contributed by atoms with Gasteiger partial charge in [0, 0.05) is 17.7 Å². The largest absolute Gasteiger partial charge is 0.295 e. The SMILES string of the molecule is O=C1C=C(Cc2cccs2)CCC1. The predicted octanol–water partition coefficient (Wildman–Crippen LogP) is 2.97. The minimum absolute atomic E-state index is 0.304. The fourth-order valence-corrected chi connectivity index (χ4v) is 2.40. The minimum Gasteiger partial charge on any atom is -0.295 e. The van der Waals surface area contributed by atoms with Crippen molar-refractivity contribution in [2.75, 3.05) is 0 Å². The minimum atomic E-state index is 0.304. The molecule has 1 nitrogen and oxygen atoms in total. The average molecular weight is 192 g/mol. The van der Waals surface area contributed by atoms with E-state index in [1.807, 2.05) is 6.08 Å². The molecule has 1 heterocycles. The highest BCUT2D eigenvalue weighted by atomic mass is 32.1. The first-order chi connectivity index (χ1) is 6.34. The van der Waals surface area contributed by atoms with Crippen molar-refractivity contribution >= 4 is 17.1 Å². The van der Waals surface area contributed by atoms with Crippen LogP contribution < -0.4 is 0 Å². The molecule has 0 aromatic carbocycles. The lowest BCUT2D eigenvalue weighted by Gasteiger charge is -2.10. The molecule has 1 aliphatic carbocycles. The van der Waals surface area contributed by atoms with Gasteiger partial charge in [0.15, 0.2) is 5.78 Å². The molecule has 0 unspecified atom stereocenters. The summed E-state index contributed by atoms with van der Waals surface area (Å²) in [6.45, 7) is 0. The first kappa shape index (κ1) is 8.70. The summed E-state index contributed by atoms with van der Waals surface area (Å²) in [6.07, 6.45) is 5.69. The Balaban J connectivity index is 2.06. The van der Waals surface area contributed by atoms with Crippen LogP contribution in [0.3, 0.4) is 0 Å². The van der Waals surface area contributed by atoms with Crippen LogP contribution in [0.15, 0.2) is 29.2 Å². The zero-order valence-corrected chi connectivity index (χ0v) is 8.27. The molecule has 0 spiro atoms. The normalized spacial score (nSPS) is 17.2. The van der Waals surface area contributed by atoms with E-state index in [0.29, 0.717) is 5.78 Å². The van der Waals surface area contributed by atoms with Gasteiger partial charge in [-0.2, -0.15) is 0 Å². The molecule has 0 atom stereocenters. The number of rotatable bonds is 2. The van der Waals surface area contributed by atoms with Gasteiger partial charge in [-0.1, -0.05) is 11.6 Å². The summed E-state index contributed by atoms with van der Waals surface area (Å²) in [4.78, 5) is 12.5. The maximum Gasteiger partial charge on any atom is 0.155 e. The fourth-order valence-electron chi connectivity index (χ4n) is 1.64. The Hall–Kier alpha value is -0.890. The van der Waals surface area contributed by atoms with Crippen molar-refractivity contribution in [1.82, 2.24) is 0 Å². The number of thiophene rings is 1. The highest BCUT2D eigenvalue weighted by Crippen LogP contribution is 2.21. The molecule has 2 heteroatoms. The molecule has 2 rings (SSSR count). The van der Waals surface area contributed by atoms with Crippen molar-refractivity contribution in [3.05, 3.63) is 34.0 Å². The predicted molar refractivity (Wildman–Crippen MR) is 55.0 cm³/mol. The van der Waals surface area contributed by atoms with E-state index >= 15 is 0 Å². The van der Waals surface area contributed by atoms with Crippen molar-refractivity contribution in [2.24, 2.45) is 0 Å². The Morgan fingerprint density at radius 3 is 3.00 bits per heavy atom. The van der Waals surface area contributed by atoms with Gasteiger partial charge < -0.3 is 0 Å². The van der Waals surface area contributed by atoms with Gasteiger partial charge in [0.2, 0.25) is 0 Å². The van der Waals surface area contributed by atoms with E-state index in [4.69, 9.17) is 0 Å². The van der Waals surface area contributed by atoms with E-state index in [-0.39, 0.29) is 0 Å². The molecule has 0 fully saturated rings. The van der Waals surface area contributed by atoms with Crippen LogP contribution in [0.2, 0.25) is 0 Å². The van der Waals surface area contributed by atoms with Crippen molar-refractivity contribution in [3.8, 4) is 0 Å². The summed E-state index contributed by atoms with van der Waals surface area (Å²) in [5.41, 5.74) is 1.30. The standard InChI is InChI=1S/C11H12OS/c12-10-4-1-3-9(7-10)8-11-5-2-6-13-11/h2,5-7H,1,3-4,8H2. The maximum absolute atomic E-state index is 11.1. The quantitative estimate of drug-likeness (QED) is 0.704. The van der Waals surface area contributed by atoms with E-state index in [1.165, 1.54) is 10.5 Å². The Kier molecular flexibility index (Phi) is 2.60. The van der Waals surface area contributed by atoms with Crippen LogP contribution >= 0.6 is 11.3 Å². The third-order valence-corrected chi connectivity index (χ3v) is 3.14. The van der Waals surface area contributed by atoms with Crippen molar-refractivity contribution in [2.45, 2.75) is 25.7 Å². The Morgan fingerprint density at radius 1 is 1.38 bits per heavy atom. The lowest BCUT2D eigenvalue weighted by molar-refractivity contribution is -0.115. The van der Waals surface area contributed by atoms with Crippen molar-refractivity contribution in [1.29, 1.82) is 0 Å². The molecule has 1 aromatic heterocycles. The Labute approximate surface area is 82.1 Å². The average Bonchev–Trinajstić information content (AvgIpc) is 2.57. The molecule has 0 radical (unpaired) electrons. The molecule has 0 N–H and O–H groups in total. The van der Waals surface area contributed by atoms with Crippen LogP contribution in [0.4, 0.5) is 0 Å². The Morgan fingerprint density at radius 2 is 2.31 bits per heavy atom. The lowest BCUT2D eigenvalue weighted by Crippen LogP contribution is -2.03. The summed E-state index contributed by atoms with van der Waals surface area (Å²) in [6, 6.07) is 4.19. The molecule has 0 saturated heterocycles. The monoisotopic (exact) mass is 192 g/mol. The molecule has 68 valence electrons. The van der Waals surface area contributed by atoms with Gasteiger partial charge in [0.25, 0.3) is 0 Å². The molecular weight excluding hydrogens is 180 g/mol. The van der Waals surface area contributed by atoms with Gasteiger partial charge in [-0.15, -0.1) is 11.3 Å². The summed E-state index contributed by atoms with van der Waals surface area (Å²) in [5, 5.41) is 2.08.